The molecule has 0 aromatic heterocycles. The van der Waals surface area contributed by atoms with Gasteiger partial charge in [0.2, 0.25) is 0 Å². The molecule has 0 saturated carbocycles. The molecule has 1 N–H and O–H groups in total. The summed E-state index contributed by atoms with van der Waals surface area (Å²) in [6, 6.07) is 0. The molecule has 0 fully saturated rings. The molecule has 98 heavy (non-hydrogen) atoms. The predicted molar refractivity (Wildman–Crippen MR) is 426 cm³/mol. The van der Waals surface area contributed by atoms with Crippen molar-refractivity contribution in [2.24, 2.45) is 0 Å². The van der Waals surface area contributed by atoms with Gasteiger partial charge in [-0.3, -0.25) is 18.6 Å². The van der Waals surface area contributed by atoms with Crippen molar-refractivity contribution in [2.45, 2.75) is 302 Å². The van der Waals surface area contributed by atoms with Gasteiger partial charge in [0, 0.05) is 12.8 Å². The molecule has 0 radical (unpaired) electrons. The molecule has 0 rings (SSSR count). The number of allylic oxidation sites excluding steroid dienone is 32. The summed E-state index contributed by atoms with van der Waals surface area (Å²) in [5.41, 5.74) is 0. The number of phosphoric ester groups is 1. The molecule has 0 aliphatic carbocycles. The quantitative estimate of drug-likeness (QED) is 0.0211. The standard InChI is InChI=1S/C88H144NO8P/c1-6-8-10-12-14-16-18-20-22-24-26-28-30-32-34-36-38-40-42-43-44-45-47-49-51-53-55-57-59-61-63-65-67-69-71-73-75-77-79-81-88(91)97-86(85-96-98(92,93)95-83-82-89(3,4)5)84-94-87(90)80-78-76-74-72-70-68-66-64-62-60-58-56-54-52-50-48-46-41-39-37-35-33-31-29-27-25-23-21-19-17-15-13-11-9-7-2/h8-11,14-17,20-23,26-29,32-35,38-41,43-44,47-50,54,56,86H,6-7,12-13,18-19,24-25,30-31,36-37,42,45-46,51-53,55,57-85H2,1-5H3/p+1/b10-8-,11-9-,16-14-,17-15-,22-20-,23-21-,28-26-,29-27-,34-32-,35-33-,40-38-,41-39-,44-43-,49-47-,50-48-,56-54-. The van der Waals surface area contributed by atoms with Gasteiger partial charge in [-0.15, -0.1) is 0 Å². The largest absolute Gasteiger partial charge is 0.472 e. The van der Waals surface area contributed by atoms with Crippen LogP contribution in [0, 0.1) is 0 Å². The van der Waals surface area contributed by atoms with E-state index >= 15 is 0 Å². The topological polar surface area (TPSA) is 108 Å². The van der Waals surface area contributed by atoms with E-state index in [4.69, 9.17) is 18.5 Å². The van der Waals surface area contributed by atoms with Crippen LogP contribution in [0.4, 0.5) is 0 Å². The number of likely N-dealkylation sites (N-methyl/N-ethyl adjacent to an activating group) is 1. The van der Waals surface area contributed by atoms with Gasteiger partial charge in [-0.05, 0) is 141 Å². The number of esters is 2. The molecule has 0 aliphatic rings. The van der Waals surface area contributed by atoms with Crippen molar-refractivity contribution < 1.29 is 42.1 Å². The van der Waals surface area contributed by atoms with Crippen molar-refractivity contribution in [1.29, 1.82) is 0 Å². The fourth-order valence-electron chi connectivity index (χ4n) is 10.2. The molecule has 0 heterocycles. The third-order valence-electron chi connectivity index (χ3n) is 16.1. The van der Waals surface area contributed by atoms with E-state index < -0.39 is 26.5 Å². The summed E-state index contributed by atoms with van der Waals surface area (Å²) < 4.78 is 34.8. The van der Waals surface area contributed by atoms with Gasteiger partial charge in [0.05, 0.1) is 27.7 Å². The number of hydrogen-bond donors (Lipinski definition) is 1. The predicted octanol–water partition coefficient (Wildman–Crippen LogP) is 26.4. The van der Waals surface area contributed by atoms with Crippen LogP contribution in [0.3, 0.4) is 0 Å². The first kappa shape index (κ1) is 92.8. The lowest BCUT2D eigenvalue weighted by molar-refractivity contribution is -0.870. The molecule has 0 spiro atoms. The summed E-state index contributed by atoms with van der Waals surface area (Å²) in [4.78, 5) is 36.0. The molecule has 0 amide bonds. The Bertz CT molecular complexity index is 2360. The fraction of sp³-hybridized carbons (Fsp3) is 0.614. The zero-order chi connectivity index (χ0) is 71.1. The summed E-state index contributed by atoms with van der Waals surface area (Å²) in [5, 5.41) is 0. The van der Waals surface area contributed by atoms with Crippen LogP contribution in [0.25, 0.3) is 0 Å². The van der Waals surface area contributed by atoms with Crippen molar-refractivity contribution in [3.05, 3.63) is 194 Å². The van der Waals surface area contributed by atoms with Crippen molar-refractivity contribution in [2.75, 3.05) is 47.5 Å². The van der Waals surface area contributed by atoms with Crippen LogP contribution < -0.4 is 0 Å². The second-order valence-electron chi connectivity index (χ2n) is 26.6. The minimum absolute atomic E-state index is 0.0226. The molecule has 554 valence electrons. The number of carbonyl (C=O) groups is 2. The second-order valence-corrected chi connectivity index (χ2v) is 28.1. The van der Waals surface area contributed by atoms with Crippen LogP contribution in [-0.2, 0) is 32.7 Å². The van der Waals surface area contributed by atoms with Crippen LogP contribution in [-0.4, -0.2) is 74.9 Å². The lowest BCUT2D eigenvalue weighted by Crippen LogP contribution is -2.37. The van der Waals surface area contributed by atoms with E-state index in [1.807, 2.05) is 21.1 Å². The van der Waals surface area contributed by atoms with E-state index in [1.165, 1.54) is 109 Å². The summed E-state index contributed by atoms with van der Waals surface area (Å²) in [6.45, 7) is 4.20. The van der Waals surface area contributed by atoms with Gasteiger partial charge in [-0.25, -0.2) is 4.57 Å². The number of rotatable bonds is 70. The van der Waals surface area contributed by atoms with Crippen LogP contribution in [0.2, 0.25) is 0 Å². The Labute approximate surface area is 603 Å². The van der Waals surface area contributed by atoms with Crippen LogP contribution in [0.1, 0.15) is 296 Å². The fourth-order valence-corrected chi connectivity index (χ4v) is 11.0. The SMILES string of the molecule is CC/C=C\C/C=C\C/C=C\C/C=C\C/C=C\C/C=C\C/C=C\C/C=C\CCCCCCCCCCCCCCCCC(=O)OC(COC(=O)CCCCCCCCCCCC/C=C\C/C=C\C/C=C\C/C=C\C/C=C\C/C=C\C/C=C\C/C=C\CC)COP(=O)(O)OCC[N+](C)(C)C. The minimum Gasteiger partial charge on any atom is -0.462 e. The summed E-state index contributed by atoms with van der Waals surface area (Å²) in [7, 11) is 1.46. The maximum absolute atomic E-state index is 12.9. The number of phosphoric acid groups is 1. The van der Waals surface area contributed by atoms with Crippen LogP contribution >= 0.6 is 7.82 Å². The van der Waals surface area contributed by atoms with Gasteiger partial charge >= 0.3 is 19.8 Å². The zero-order valence-electron chi connectivity index (χ0n) is 63.2. The molecule has 2 atom stereocenters. The van der Waals surface area contributed by atoms with E-state index in [2.05, 4.69) is 208 Å². The zero-order valence-corrected chi connectivity index (χ0v) is 64.1. The Kier molecular flexibility index (Phi) is 72.0. The highest BCUT2D eigenvalue weighted by Gasteiger charge is 2.27. The maximum Gasteiger partial charge on any atom is 0.472 e. The molecular formula is C88H145NO8P+. The molecular weight excluding hydrogens is 1230 g/mol. The number of unbranched alkanes of at least 4 members (excludes halogenated alkanes) is 24. The Morgan fingerprint density at radius 1 is 0.316 bits per heavy atom. The molecule has 2 unspecified atom stereocenters. The molecule has 0 bridgehead atoms. The van der Waals surface area contributed by atoms with Gasteiger partial charge in [0.15, 0.2) is 6.10 Å². The first-order valence-electron chi connectivity index (χ1n) is 39.2. The number of hydrogen-bond acceptors (Lipinski definition) is 7. The Morgan fingerprint density at radius 2 is 0.551 bits per heavy atom. The van der Waals surface area contributed by atoms with E-state index in [0.29, 0.717) is 17.4 Å². The first-order valence-corrected chi connectivity index (χ1v) is 40.7. The number of nitrogens with zero attached hydrogens (tertiary/aromatic N) is 1. The second kappa shape index (κ2) is 76.0. The summed E-state index contributed by atoms with van der Waals surface area (Å²) in [6.07, 6.45) is 118. The Hall–Kier alpha value is -5.15. The van der Waals surface area contributed by atoms with Crippen LogP contribution in [0.5, 0.6) is 0 Å². The molecule has 0 aromatic carbocycles. The highest BCUT2D eigenvalue weighted by Crippen LogP contribution is 2.43. The molecule has 0 aromatic rings. The van der Waals surface area contributed by atoms with Gasteiger partial charge in [0.1, 0.15) is 19.8 Å². The molecule has 10 heteroatoms. The number of ether oxygens (including phenoxy) is 2. The van der Waals surface area contributed by atoms with Gasteiger partial charge in [-0.2, -0.15) is 0 Å². The van der Waals surface area contributed by atoms with Crippen molar-refractivity contribution in [3.8, 4) is 0 Å². The van der Waals surface area contributed by atoms with E-state index in [0.717, 1.165) is 154 Å². The third kappa shape index (κ3) is 79.8. The number of quaternary nitrogens is 1. The number of carbonyl (C=O) groups excluding carboxylic acids is 2. The van der Waals surface area contributed by atoms with E-state index in [1.54, 1.807) is 0 Å². The Morgan fingerprint density at radius 3 is 0.816 bits per heavy atom. The maximum atomic E-state index is 12.9. The highest BCUT2D eigenvalue weighted by molar-refractivity contribution is 7.47. The minimum atomic E-state index is -4.41. The van der Waals surface area contributed by atoms with Gasteiger partial charge in [0.25, 0.3) is 0 Å². The van der Waals surface area contributed by atoms with Crippen molar-refractivity contribution in [3.63, 3.8) is 0 Å². The highest BCUT2D eigenvalue weighted by atomic mass is 31.2. The average molecular weight is 1380 g/mol. The third-order valence-corrected chi connectivity index (χ3v) is 17.1. The molecule has 0 aliphatic heterocycles. The Balaban J connectivity index is 4.07. The monoisotopic (exact) mass is 1380 g/mol. The van der Waals surface area contributed by atoms with Crippen molar-refractivity contribution >= 4 is 19.8 Å². The lowest BCUT2D eigenvalue weighted by Gasteiger charge is -2.24. The summed E-state index contributed by atoms with van der Waals surface area (Å²) >= 11 is 0. The van der Waals surface area contributed by atoms with E-state index in [-0.39, 0.29) is 32.0 Å². The molecule has 9 nitrogen and oxygen atoms in total. The molecule has 0 saturated heterocycles. The first-order chi connectivity index (χ1) is 48.0. The van der Waals surface area contributed by atoms with Crippen LogP contribution in [0.15, 0.2) is 194 Å². The van der Waals surface area contributed by atoms with Crippen molar-refractivity contribution in [1.82, 2.24) is 0 Å². The van der Waals surface area contributed by atoms with E-state index in [9.17, 15) is 19.0 Å². The van der Waals surface area contributed by atoms with Gasteiger partial charge in [-0.1, -0.05) is 337 Å². The van der Waals surface area contributed by atoms with Gasteiger partial charge < -0.3 is 18.9 Å². The lowest BCUT2D eigenvalue weighted by atomic mass is 10.0. The normalized spacial score (nSPS) is 14.1. The average Bonchev–Trinajstić information content (AvgIpc) is 1.23. The summed E-state index contributed by atoms with van der Waals surface area (Å²) in [5.74, 6) is -0.808. The smallest absolute Gasteiger partial charge is 0.462 e.